The van der Waals surface area contributed by atoms with E-state index in [-0.39, 0.29) is 12.3 Å². The van der Waals surface area contributed by atoms with E-state index in [4.69, 9.17) is 0 Å². The Morgan fingerprint density at radius 3 is 2.53 bits per heavy atom. The molecule has 2 aliphatic rings. The van der Waals surface area contributed by atoms with Crippen LogP contribution in [0.3, 0.4) is 0 Å². The predicted octanol–water partition coefficient (Wildman–Crippen LogP) is 2.67. The van der Waals surface area contributed by atoms with E-state index in [0.29, 0.717) is 18.8 Å². The second kappa shape index (κ2) is 5.93. The highest BCUT2D eigenvalue weighted by molar-refractivity contribution is 5.85. The van der Waals surface area contributed by atoms with E-state index in [2.05, 4.69) is 6.92 Å². The van der Waals surface area contributed by atoms with Crippen LogP contribution in [0.4, 0.5) is 0 Å². The Balaban J connectivity index is 1.97. The molecule has 1 saturated carbocycles. The van der Waals surface area contributed by atoms with Gasteiger partial charge in [0.1, 0.15) is 0 Å². The topological polar surface area (TPSA) is 57.6 Å². The molecule has 0 spiro atoms. The number of carboxylic acids is 1. The molecule has 108 valence electrons. The molecule has 0 aromatic heterocycles. The molecule has 1 N–H and O–H groups in total. The van der Waals surface area contributed by atoms with Gasteiger partial charge in [0, 0.05) is 19.5 Å². The van der Waals surface area contributed by atoms with E-state index >= 15 is 0 Å². The number of nitrogens with zero attached hydrogens (tertiary/aromatic N) is 1. The summed E-state index contributed by atoms with van der Waals surface area (Å²) in [5.41, 5.74) is -0.768. The molecule has 1 aliphatic heterocycles. The highest BCUT2D eigenvalue weighted by Crippen LogP contribution is 2.42. The molecule has 2 rings (SSSR count). The number of carbonyl (C=O) groups excluding carboxylic acids is 1. The van der Waals surface area contributed by atoms with Crippen molar-refractivity contribution in [2.24, 2.45) is 11.3 Å². The summed E-state index contributed by atoms with van der Waals surface area (Å²) in [6.07, 6.45) is 6.79. The largest absolute Gasteiger partial charge is 0.481 e. The van der Waals surface area contributed by atoms with E-state index in [0.717, 1.165) is 38.8 Å². The number of likely N-dealkylation sites (tertiary alicyclic amines) is 1. The number of piperidine rings is 1. The zero-order valence-corrected chi connectivity index (χ0v) is 11.9. The average Bonchev–Trinajstić information content (AvgIpc) is 2.88. The van der Waals surface area contributed by atoms with Crippen LogP contribution in [0, 0.1) is 11.3 Å². The summed E-state index contributed by atoms with van der Waals surface area (Å²) in [5.74, 6) is -0.119. The lowest BCUT2D eigenvalue weighted by atomic mass is 9.82. The van der Waals surface area contributed by atoms with E-state index in [1.165, 1.54) is 6.42 Å². The standard InChI is InChI=1S/C15H25NO3/c1-2-12-6-5-9-16(11-12)13(17)10-15(14(18)19)7-3-4-8-15/h12H,2-11H2,1H3,(H,18,19). The molecule has 1 atom stereocenters. The fourth-order valence-corrected chi connectivity index (χ4v) is 3.54. The van der Waals surface area contributed by atoms with Crippen LogP contribution < -0.4 is 0 Å². The number of carboxylic acid groups (broad SMARTS) is 1. The Labute approximate surface area is 115 Å². The van der Waals surface area contributed by atoms with Crippen LogP contribution >= 0.6 is 0 Å². The summed E-state index contributed by atoms with van der Waals surface area (Å²) in [7, 11) is 0. The molecule has 0 aromatic rings. The van der Waals surface area contributed by atoms with E-state index in [1.54, 1.807) is 0 Å². The molecule has 0 aromatic carbocycles. The zero-order valence-electron chi connectivity index (χ0n) is 11.9. The maximum atomic E-state index is 12.4. The maximum absolute atomic E-state index is 12.4. The predicted molar refractivity (Wildman–Crippen MR) is 72.7 cm³/mol. The molecule has 1 heterocycles. The van der Waals surface area contributed by atoms with Crippen molar-refractivity contribution in [2.75, 3.05) is 13.1 Å². The lowest BCUT2D eigenvalue weighted by Gasteiger charge is -2.34. The number of carbonyl (C=O) groups is 2. The van der Waals surface area contributed by atoms with Gasteiger partial charge in [-0.05, 0) is 31.6 Å². The number of amides is 1. The Bertz CT molecular complexity index is 347. The molecule has 1 amide bonds. The monoisotopic (exact) mass is 267 g/mol. The van der Waals surface area contributed by atoms with E-state index in [9.17, 15) is 14.7 Å². The Morgan fingerprint density at radius 2 is 1.95 bits per heavy atom. The van der Waals surface area contributed by atoms with Gasteiger partial charge >= 0.3 is 5.97 Å². The first kappa shape index (κ1) is 14.4. The van der Waals surface area contributed by atoms with Gasteiger partial charge in [-0.25, -0.2) is 0 Å². The second-order valence-corrected chi connectivity index (χ2v) is 6.23. The molecule has 1 unspecified atom stereocenters. The summed E-state index contributed by atoms with van der Waals surface area (Å²) in [5, 5.41) is 9.44. The van der Waals surface area contributed by atoms with Crippen molar-refractivity contribution in [2.45, 2.75) is 58.3 Å². The highest BCUT2D eigenvalue weighted by Gasteiger charge is 2.44. The molecular formula is C15H25NO3. The number of aliphatic carboxylic acids is 1. The molecule has 1 saturated heterocycles. The van der Waals surface area contributed by atoms with Crippen LogP contribution in [-0.4, -0.2) is 35.0 Å². The van der Waals surface area contributed by atoms with Crippen molar-refractivity contribution in [1.29, 1.82) is 0 Å². The Hall–Kier alpha value is -1.06. The molecular weight excluding hydrogens is 242 g/mol. The van der Waals surface area contributed by atoms with Gasteiger partial charge in [0.25, 0.3) is 0 Å². The first-order valence-electron chi connectivity index (χ1n) is 7.58. The minimum Gasteiger partial charge on any atom is -0.481 e. The van der Waals surface area contributed by atoms with Crippen LogP contribution in [0.1, 0.15) is 58.3 Å². The Morgan fingerprint density at radius 1 is 1.26 bits per heavy atom. The first-order valence-corrected chi connectivity index (χ1v) is 7.58. The molecule has 0 bridgehead atoms. The van der Waals surface area contributed by atoms with Crippen LogP contribution in [0.25, 0.3) is 0 Å². The fraction of sp³-hybridized carbons (Fsp3) is 0.867. The third kappa shape index (κ3) is 3.10. The van der Waals surface area contributed by atoms with Gasteiger partial charge in [-0.3, -0.25) is 9.59 Å². The van der Waals surface area contributed by atoms with E-state index in [1.807, 2.05) is 4.90 Å². The molecule has 19 heavy (non-hydrogen) atoms. The molecule has 0 radical (unpaired) electrons. The van der Waals surface area contributed by atoms with Crippen molar-refractivity contribution >= 4 is 11.9 Å². The van der Waals surface area contributed by atoms with Gasteiger partial charge in [0.15, 0.2) is 0 Å². The highest BCUT2D eigenvalue weighted by atomic mass is 16.4. The SMILES string of the molecule is CCC1CCCN(C(=O)CC2(C(=O)O)CCCC2)C1. The summed E-state index contributed by atoms with van der Waals surface area (Å²) >= 11 is 0. The van der Waals surface area contributed by atoms with Crippen molar-refractivity contribution < 1.29 is 14.7 Å². The van der Waals surface area contributed by atoms with E-state index < -0.39 is 11.4 Å². The minimum atomic E-state index is -0.776. The molecule has 4 heteroatoms. The van der Waals surface area contributed by atoms with Crippen molar-refractivity contribution in [3.8, 4) is 0 Å². The lowest BCUT2D eigenvalue weighted by molar-refractivity contribution is -0.153. The number of hydrogen-bond donors (Lipinski definition) is 1. The van der Waals surface area contributed by atoms with Crippen LogP contribution in [-0.2, 0) is 9.59 Å². The van der Waals surface area contributed by atoms with Gasteiger partial charge in [0.05, 0.1) is 5.41 Å². The third-order valence-corrected chi connectivity index (χ3v) is 4.95. The number of rotatable bonds is 4. The van der Waals surface area contributed by atoms with Crippen LogP contribution in [0.15, 0.2) is 0 Å². The smallest absolute Gasteiger partial charge is 0.310 e. The summed E-state index contributed by atoms with van der Waals surface area (Å²) < 4.78 is 0. The summed E-state index contributed by atoms with van der Waals surface area (Å²) in [6.45, 7) is 3.80. The van der Waals surface area contributed by atoms with Gasteiger partial charge in [-0.2, -0.15) is 0 Å². The summed E-state index contributed by atoms with van der Waals surface area (Å²) in [4.78, 5) is 25.8. The molecule has 4 nitrogen and oxygen atoms in total. The fourth-order valence-electron chi connectivity index (χ4n) is 3.54. The molecule has 1 aliphatic carbocycles. The van der Waals surface area contributed by atoms with Crippen molar-refractivity contribution in [3.05, 3.63) is 0 Å². The van der Waals surface area contributed by atoms with Gasteiger partial charge < -0.3 is 10.0 Å². The van der Waals surface area contributed by atoms with Gasteiger partial charge in [0.2, 0.25) is 5.91 Å². The Kier molecular flexibility index (Phi) is 4.48. The first-order chi connectivity index (χ1) is 9.07. The minimum absolute atomic E-state index is 0.0578. The third-order valence-electron chi connectivity index (χ3n) is 4.95. The normalized spacial score (nSPS) is 26.4. The second-order valence-electron chi connectivity index (χ2n) is 6.23. The quantitative estimate of drug-likeness (QED) is 0.852. The lowest BCUT2D eigenvalue weighted by Crippen LogP contribution is -2.43. The van der Waals surface area contributed by atoms with Crippen LogP contribution in [0.2, 0.25) is 0 Å². The van der Waals surface area contributed by atoms with Gasteiger partial charge in [-0.1, -0.05) is 26.2 Å². The van der Waals surface area contributed by atoms with Gasteiger partial charge in [-0.15, -0.1) is 0 Å². The van der Waals surface area contributed by atoms with Crippen molar-refractivity contribution in [3.63, 3.8) is 0 Å². The van der Waals surface area contributed by atoms with Crippen LogP contribution in [0.5, 0.6) is 0 Å². The average molecular weight is 267 g/mol. The number of hydrogen-bond acceptors (Lipinski definition) is 2. The molecule has 2 fully saturated rings. The zero-order chi connectivity index (χ0) is 13.9. The maximum Gasteiger partial charge on any atom is 0.310 e. The summed E-state index contributed by atoms with van der Waals surface area (Å²) in [6, 6.07) is 0. The van der Waals surface area contributed by atoms with Crippen molar-refractivity contribution in [1.82, 2.24) is 4.90 Å².